The van der Waals surface area contributed by atoms with Gasteiger partial charge in [-0.3, -0.25) is 4.68 Å². The summed E-state index contributed by atoms with van der Waals surface area (Å²) in [5, 5.41) is 13.2. The maximum atomic E-state index is 14.3. The van der Waals surface area contributed by atoms with Gasteiger partial charge in [-0.2, -0.15) is 5.10 Å². The molecule has 1 heterocycles. The number of rotatable bonds is 2. The van der Waals surface area contributed by atoms with E-state index < -0.39 is 11.8 Å². The minimum Gasteiger partial charge on any atom is -0.476 e. The number of nitrogens with zero attached hydrogens (tertiary/aromatic N) is 2. The number of aromatic nitrogens is 2. The van der Waals surface area contributed by atoms with Crippen molar-refractivity contribution in [1.29, 1.82) is 0 Å². The Morgan fingerprint density at radius 1 is 1.42 bits per heavy atom. The Morgan fingerprint density at radius 2 is 2.05 bits per heavy atom. The molecule has 4 nitrogen and oxygen atoms in total. The summed E-state index contributed by atoms with van der Waals surface area (Å²) in [7, 11) is 1.57. The molecule has 1 aromatic carbocycles. The Morgan fingerprint density at radius 3 is 2.58 bits per heavy atom. The molecular weight excluding hydrogens is 271 g/mol. The van der Waals surface area contributed by atoms with Crippen LogP contribution in [0.3, 0.4) is 0 Å². The van der Waals surface area contributed by atoms with Crippen molar-refractivity contribution in [3.8, 4) is 11.3 Å². The van der Waals surface area contributed by atoms with Crippen LogP contribution in [0.25, 0.3) is 11.3 Å². The Bertz CT molecular complexity index is 654. The lowest BCUT2D eigenvalue weighted by atomic mass is 10.0. The van der Waals surface area contributed by atoms with E-state index in [-0.39, 0.29) is 11.3 Å². The maximum Gasteiger partial charge on any atom is 0.356 e. The van der Waals surface area contributed by atoms with Gasteiger partial charge >= 0.3 is 5.97 Å². The summed E-state index contributed by atoms with van der Waals surface area (Å²) in [5.41, 5.74) is 1.51. The van der Waals surface area contributed by atoms with Crippen molar-refractivity contribution in [2.24, 2.45) is 7.05 Å². The van der Waals surface area contributed by atoms with Gasteiger partial charge in [0.05, 0.1) is 5.69 Å². The molecule has 0 atom stereocenters. The zero-order valence-electron chi connectivity index (χ0n) is 10.7. The lowest BCUT2D eigenvalue weighted by Gasteiger charge is -2.11. The van der Waals surface area contributed by atoms with E-state index in [1.165, 1.54) is 10.7 Å². The number of carboxylic acids is 1. The van der Waals surface area contributed by atoms with Crippen molar-refractivity contribution < 1.29 is 14.3 Å². The molecule has 1 N–H and O–H groups in total. The van der Waals surface area contributed by atoms with E-state index in [9.17, 15) is 9.18 Å². The normalized spacial score (nSPS) is 10.8. The molecule has 0 amide bonds. The molecule has 0 saturated heterocycles. The molecule has 19 heavy (non-hydrogen) atoms. The van der Waals surface area contributed by atoms with Crippen LogP contribution < -0.4 is 0 Å². The number of halogens is 2. The third-order valence-electron chi connectivity index (χ3n) is 3.00. The fourth-order valence-corrected chi connectivity index (χ4v) is 2.21. The third-order valence-corrected chi connectivity index (χ3v) is 3.39. The fourth-order valence-electron chi connectivity index (χ4n) is 1.95. The highest BCUT2D eigenvalue weighted by atomic mass is 35.5. The monoisotopic (exact) mass is 282 g/mol. The van der Waals surface area contributed by atoms with Gasteiger partial charge in [-0.1, -0.05) is 11.6 Å². The standard InChI is InChI=1S/C13H12ClFN2O2/c1-6-4-8(14)7(2)11(12(6)15)10-5-9(13(18)19)16-17(10)3/h4-5H,1-3H3,(H,18,19). The van der Waals surface area contributed by atoms with Crippen LogP contribution >= 0.6 is 11.6 Å². The van der Waals surface area contributed by atoms with E-state index in [0.717, 1.165) is 0 Å². The molecule has 0 aliphatic rings. The van der Waals surface area contributed by atoms with Crippen molar-refractivity contribution in [2.45, 2.75) is 13.8 Å². The predicted octanol–water partition coefficient (Wildman–Crippen LogP) is 3.19. The van der Waals surface area contributed by atoms with Gasteiger partial charge in [0.1, 0.15) is 5.82 Å². The number of benzene rings is 1. The molecule has 2 aromatic rings. The van der Waals surface area contributed by atoms with Crippen molar-refractivity contribution in [3.05, 3.63) is 39.8 Å². The smallest absolute Gasteiger partial charge is 0.356 e. The maximum absolute atomic E-state index is 14.3. The predicted molar refractivity (Wildman–Crippen MR) is 70.0 cm³/mol. The summed E-state index contributed by atoms with van der Waals surface area (Å²) in [6.45, 7) is 3.30. The lowest BCUT2D eigenvalue weighted by molar-refractivity contribution is 0.0689. The average Bonchev–Trinajstić information content (AvgIpc) is 2.70. The molecule has 0 radical (unpaired) electrons. The Hall–Kier alpha value is -1.88. The molecule has 0 aliphatic carbocycles. The van der Waals surface area contributed by atoms with Gasteiger partial charge in [0.25, 0.3) is 0 Å². The van der Waals surface area contributed by atoms with Gasteiger partial charge in [0, 0.05) is 17.6 Å². The highest BCUT2D eigenvalue weighted by Gasteiger charge is 2.20. The van der Waals surface area contributed by atoms with E-state index >= 15 is 0 Å². The first kappa shape index (κ1) is 13.5. The summed E-state index contributed by atoms with van der Waals surface area (Å²) in [5.74, 6) is -1.57. The minimum absolute atomic E-state index is 0.131. The second kappa shape index (κ2) is 4.66. The second-order valence-electron chi connectivity index (χ2n) is 4.33. The summed E-state index contributed by atoms with van der Waals surface area (Å²) >= 11 is 6.05. The first-order chi connectivity index (χ1) is 8.82. The highest BCUT2D eigenvalue weighted by Crippen LogP contribution is 2.33. The lowest BCUT2D eigenvalue weighted by Crippen LogP contribution is -2.01. The molecule has 0 fully saturated rings. The van der Waals surface area contributed by atoms with E-state index in [0.29, 0.717) is 21.8 Å². The minimum atomic E-state index is -1.15. The first-order valence-electron chi connectivity index (χ1n) is 5.55. The second-order valence-corrected chi connectivity index (χ2v) is 4.74. The van der Waals surface area contributed by atoms with Crippen LogP contribution in [-0.2, 0) is 7.05 Å². The number of hydrogen-bond acceptors (Lipinski definition) is 2. The zero-order chi connectivity index (χ0) is 14.3. The van der Waals surface area contributed by atoms with Crippen LogP contribution in [-0.4, -0.2) is 20.9 Å². The number of hydrogen-bond donors (Lipinski definition) is 1. The average molecular weight is 283 g/mol. The number of aromatic carboxylic acids is 1. The molecule has 2 rings (SSSR count). The van der Waals surface area contributed by atoms with Crippen LogP contribution in [0.5, 0.6) is 0 Å². The zero-order valence-corrected chi connectivity index (χ0v) is 11.4. The quantitative estimate of drug-likeness (QED) is 0.920. The van der Waals surface area contributed by atoms with Gasteiger partial charge < -0.3 is 5.11 Å². The van der Waals surface area contributed by atoms with E-state index in [1.54, 1.807) is 27.0 Å². The molecule has 0 unspecified atom stereocenters. The van der Waals surface area contributed by atoms with Gasteiger partial charge in [-0.05, 0) is 37.1 Å². The molecule has 0 bridgehead atoms. The van der Waals surface area contributed by atoms with E-state index in [1.807, 2.05) is 0 Å². The molecule has 6 heteroatoms. The molecule has 100 valence electrons. The molecule has 0 saturated carbocycles. The highest BCUT2D eigenvalue weighted by molar-refractivity contribution is 6.31. The van der Waals surface area contributed by atoms with Gasteiger partial charge in [0.15, 0.2) is 5.69 Å². The van der Waals surface area contributed by atoms with Crippen molar-refractivity contribution >= 4 is 17.6 Å². The van der Waals surface area contributed by atoms with Crippen molar-refractivity contribution in [2.75, 3.05) is 0 Å². The summed E-state index contributed by atoms with van der Waals surface area (Å²) in [6.07, 6.45) is 0. The summed E-state index contributed by atoms with van der Waals surface area (Å²) in [6, 6.07) is 2.88. The van der Waals surface area contributed by atoms with Crippen LogP contribution in [0.2, 0.25) is 5.02 Å². The Balaban J connectivity index is 2.75. The fraction of sp³-hybridized carbons (Fsp3) is 0.231. The van der Waals surface area contributed by atoms with Crippen molar-refractivity contribution in [3.63, 3.8) is 0 Å². The molecule has 0 spiro atoms. The van der Waals surface area contributed by atoms with Crippen LogP contribution in [0, 0.1) is 19.7 Å². The largest absolute Gasteiger partial charge is 0.476 e. The van der Waals surface area contributed by atoms with Gasteiger partial charge in [0.2, 0.25) is 0 Å². The first-order valence-corrected chi connectivity index (χ1v) is 5.93. The number of aryl methyl sites for hydroxylation is 2. The number of carbonyl (C=O) groups is 1. The van der Waals surface area contributed by atoms with Crippen LogP contribution in [0.1, 0.15) is 21.6 Å². The van der Waals surface area contributed by atoms with Gasteiger partial charge in [-0.15, -0.1) is 0 Å². The van der Waals surface area contributed by atoms with Crippen molar-refractivity contribution in [1.82, 2.24) is 9.78 Å². The Kier molecular flexibility index (Phi) is 3.32. The third kappa shape index (κ3) is 2.21. The van der Waals surface area contributed by atoms with E-state index in [4.69, 9.17) is 16.7 Å². The van der Waals surface area contributed by atoms with Crippen LogP contribution in [0.15, 0.2) is 12.1 Å². The van der Waals surface area contributed by atoms with Gasteiger partial charge in [-0.25, -0.2) is 9.18 Å². The molecular formula is C13H12ClFN2O2. The van der Waals surface area contributed by atoms with E-state index in [2.05, 4.69) is 5.10 Å². The number of carboxylic acid groups (broad SMARTS) is 1. The topological polar surface area (TPSA) is 55.1 Å². The molecule has 1 aromatic heterocycles. The van der Waals surface area contributed by atoms with Crippen LogP contribution in [0.4, 0.5) is 4.39 Å². The SMILES string of the molecule is Cc1cc(Cl)c(C)c(-c2cc(C(=O)O)nn2C)c1F. The Labute approximate surface area is 114 Å². The molecule has 0 aliphatic heterocycles. The summed E-state index contributed by atoms with van der Waals surface area (Å²) < 4.78 is 15.6. The summed E-state index contributed by atoms with van der Waals surface area (Å²) in [4.78, 5) is 10.9.